The van der Waals surface area contributed by atoms with Crippen molar-refractivity contribution in [2.45, 2.75) is 25.9 Å². The van der Waals surface area contributed by atoms with Gasteiger partial charge in [-0.05, 0) is 19.8 Å². The predicted molar refractivity (Wildman–Crippen MR) is 50.5 cm³/mol. The quantitative estimate of drug-likeness (QED) is 0.483. The van der Waals surface area contributed by atoms with E-state index < -0.39 is 6.09 Å². The van der Waals surface area contributed by atoms with Gasteiger partial charge in [0.05, 0.1) is 6.10 Å². The molecule has 0 aromatic rings. The molecule has 2 N–H and O–H groups in total. The summed E-state index contributed by atoms with van der Waals surface area (Å²) in [4.78, 5) is 10.8. The fraction of sp³-hybridized carbons (Fsp3) is 0.667. The van der Waals surface area contributed by atoms with Crippen molar-refractivity contribution < 1.29 is 14.6 Å². The van der Waals surface area contributed by atoms with Crippen LogP contribution >= 0.6 is 0 Å². The summed E-state index contributed by atoms with van der Waals surface area (Å²) < 4.78 is 4.67. The van der Waals surface area contributed by atoms with Crippen LogP contribution in [-0.4, -0.2) is 30.5 Å². The van der Waals surface area contributed by atoms with Gasteiger partial charge in [-0.3, -0.25) is 0 Å². The van der Waals surface area contributed by atoms with Crippen molar-refractivity contribution in [3.8, 4) is 0 Å². The first kappa shape index (κ1) is 12.0. The van der Waals surface area contributed by atoms with E-state index >= 15 is 0 Å². The number of hydrogen-bond donors (Lipinski definition) is 2. The molecule has 0 aromatic carbocycles. The Morgan fingerprint density at radius 2 is 2.46 bits per heavy atom. The maximum Gasteiger partial charge on any atom is 0.407 e. The van der Waals surface area contributed by atoms with Crippen molar-refractivity contribution in [1.29, 1.82) is 0 Å². The van der Waals surface area contributed by atoms with Crippen molar-refractivity contribution in [2.75, 3.05) is 13.2 Å². The molecule has 0 saturated heterocycles. The zero-order valence-electron chi connectivity index (χ0n) is 7.95. The van der Waals surface area contributed by atoms with Gasteiger partial charge in [-0.15, -0.1) is 0 Å². The molecule has 0 spiro atoms. The van der Waals surface area contributed by atoms with Crippen LogP contribution in [0, 0.1) is 0 Å². The number of aliphatic hydroxyl groups is 1. The second-order valence-electron chi connectivity index (χ2n) is 2.81. The van der Waals surface area contributed by atoms with Gasteiger partial charge >= 0.3 is 6.09 Å². The maximum absolute atomic E-state index is 10.8. The van der Waals surface area contributed by atoms with E-state index in [0.29, 0.717) is 13.0 Å². The molecule has 4 nitrogen and oxygen atoms in total. The molecule has 0 aliphatic heterocycles. The van der Waals surface area contributed by atoms with Crippen LogP contribution in [0.5, 0.6) is 0 Å². The van der Waals surface area contributed by atoms with Crippen molar-refractivity contribution in [3.05, 3.63) is 12.7 Å². The SMILES string of the molecule is C=CCOC(=O)NCCCC(C)O. The third-order valence-electron chi connectivity index (χ3n) is 1.40. The molecule has 1 atom stereocenters. The van der Waals surface area contributed by atoms with E-state index in [-0.39, 0.29) is 12.7 Å². The third kappa shape index (κ3) is 8.88. The van der Waals surface area contributed by atoms with E-state index in [1.54, 1.807) is 6.92 Å². The Kier molecular flexibility index (Phi) is 7.01. The lowest BCUT2D eigenvalue weighted by atomic mass is 10.2. The topological polar surface area (TPSA) is 58.6 Å². The summed E-state index contributed by atoms with van der Waals surface area (Å²) >= 11 is 0. The zero-order chi connectivity index (χ0) is 10.1. The second kappa shape index (κ2) is 7.61. The number of ether oxygens (including phenoxy) is 1. The minimum Gasteiger partial charge on any atom is -0.445 e. The van der Waals surface area contributed by atoms with Gasteiger partial charge < -0.3 is 15.2 Å². The molecule has 1 amide bonds. The van der Waals surface area contributed by atoms with Gasteiger partial charge in [0.2, 0.25) is 0 Å². The fourth-order valence-electron chi connectivity index (χ4n) is 0.774. The third-order valence-corrected chi connectivity index (χ3v) is 1.40. The summed E-state index contributed by atoms with van der Waals surface area (Å²) in [5, 5.41) is 11.5. The molecule has 0 radical (unpaired) electrons. The molecular weight excluding hydrogens is 170 g/mol. The number of carbonyl (C=O) groups is 1. The molecule has 0 saturated carbocycles. The summed E-state index contributed by atoms with van der Waals surface area (Å²) in [6, 6.07) is 0. The van der Waals surface area contributed by atoms with Crippen molar-refractivity contribution in [3.63, 3.8) is 0 Å². The largest absolute Gasteiger partial charge is 0.445 e. The van der Waals surface area contributed by atoms with E-state index in [9.17, 15) is 4.79 Å². The number of rotatable bonds is 6. The van der Waals surface area contributed by atoms with E-state index in [1.807, 2.05) is 0 Å². The molecule has 76 valence electrons. The highest BCUT2D eigenvalue weighted by Crippen LogP contribution is 1.93. The average Bonchev–Trinajstić information content (AvgIpc) is 2.08. The van der Waals surface area contributed by atoms with Gasteiger partial charge in [0.25, 0.3) is 0 Å². The number of hydrogen-bond acceptors (Lipinski definition) is 3. The number of carbonyl (C=O) groups excluding carboxylic acids is 1. The normalized spacial score (nSPS) is 11.8. The summed E-state index contributed by atoms with van der Waals surface area (Å²) in [5.41, 5.74) is 0. The van der Waals surface area contributed by atoms with Crippen LogP contribution in [0.15, 0.2) is 12.7 Å². The first-order valence-corrected chi connectivity index (χ1v) is 4.36. The van der Waals surface area contributed by atoms with E-state index in [2.05, 4.69) is 16.6 Å². The predicted octanol–water partition coefficient (Wildman–Crippen LogP) is 1.06. The van der Waals surface area contributed by atoms with Crippen molar-refractivity contribution >= 4 is 6.09 Å². The molecule has 0 rings (SSSR count). The van der Waals surface area contributed by atoms with Gasteiger partial charge in [-0.2, -0.15) is 0 Å². The Hall–Kier alpha value is -1.03. The van der Waals surface area contributed by atoms with Crippen molar-refractivity contribution in [2.24, 2.45) is 0 Å². The van der Waals surface area contributed by atoms with Crippen LogP contribution in [0.25, 0.3) is 0 Å². The lowest BCUT2D eigenvalue weighted by molar-refractivity contribution is 0.155. The standard InChI is InChI=1S/C9H17NO3/c1-3-7-13-9(12)10-6-4-5-8(2)11/h3,8,11H,1,4-7H2,2H3,(H,10,12). The van der Waals surface area contributed by atoms with Crippen LogP contribution in [0.2, 0.25) is 0 Å². The average molecular weight is 187 g/mol. The Morgan fingerprint density at radius 1 is 1.77 bits per heavy atom. The molecule has 0 fully saturated rings. The summed E-state index contributed by atoms with van der Waals surface area (Å²) in [6.07, 6.45) is 2.19. The van der Waals surface area contributed by atoms with E-state index in [1.165, 1.54) is 6.08 Å². The van der Waals surface area contributed by atoms with Gasteiger partial charge in [0.15, 0.2) is 0 Å². The van der Waals surface area contributed by atoms with Crippen LogP contribution < -0.4 is 5.32 Å². The first-order valence-electron chi connectivity index (χ1n) is 4.36. The lowest BCUT2D eigenvalue weighted by Crippen LogP contribution is -2.25. The summed E-state index contributed by atoms with van der Waals surface area (Å²) in [6.45, 7) is 5.89. The smallest absolute Gasteiger partial charge is 0.407 e. The Morgan fingerprint density at radius 3 is 3.00 bits per heavy atom. The second-order valence-corrected chi connectivity index (χ2v) is 2.81. The number of nitrogens with one attached hydrogen (secondary N) is 1. The molecule has 0 bridgehead atoms. The Balaban J connectivity index is 3.21. The van der Waals surface area contributed by atoms with Crippen molar-refractivity contribution in [1.82, 2.24) is 5.32 Å². The minimum atomic E-state index is -0.439. The van der Waals surface area contributed by atoms with Crippen LogP contribution in [0.1, 0.15) is 19.8 Å². The first-order chi connectivity index (χ1) is 6.16. The number of aliphatic hydroxyl groups excluding tert-OH is 1. The van der Waals surface area contributed by atoms with Crippen LogP contribution in [0.3, 0.4) is 0 Å². The summed E-state index contributed by atoms with van der Waals surface area (Å²) in [7, 11) is 0. The monoisotopic (exact) mass is 187 g/mol. The lowest BCUT2D eigenvalue weighted by Gasteiger charge is -2.05. The van der Waals surface area contributed by atoms with Gasteiger partial charge in [0, 0.05) is 6.54 Å². The molecule has 0 aliphatic carbocycles. The van der Waals surface area contributed by atoms with Crippen LogP contribution in [0.4, 0.5) is 4.79 Å². The molecule has 0 aromatic heterocycles. The molecule has 0 heterocycles. The van der Waals surface area contributed by atoms with Gasteiger partial charge in [0.1, 0.15) is 6.61 Å². The fourth-order valence-corrected chi connectivity index (χ4v) is 0.774. The molecular formula is C9H17NO3. The van der Waals surface area contributed by atoms with Crippen LogP contribution in [-0.2, 0) is 4.74 Å². The molecule has 0 aliphatic rings. The van der Waals surface area contributed by atoms with Gasteiger partial charge in [-0.1, -0.05) is 12.7 Å². The van der Waals surface area contributed by atoms with E-state index in [0.717, 1.165) is 6.42 Å². The molecule has 13 heavy (non-hydrogen) atoms. The minimum absolute atomic E-state index is 0.224. The zero-order valence-corrected chi connectivity index (χ0v) is 7.95. The highest BCUT2D eigenvalue weighted by Gasteiger charge is 1.99. The Labute approximate surface area is 78.6 Å². The number of alkyl carbamates (subject to hydrolysis) is 1. The Bertz CT molecular complexity index is 157. The van der Waals surface area contributed by atoms with E-state index in [4.69, 9.17) is 5.11 Å². The summed E-state index contributed by atoms with van der Waals surface area (Å²) in [5.74, 6) is 0. The number of amides is 1. The maximum atomic E-state index is 10.8. The molecule has 4 heteroatoms. The highest BCUT2D eigenvalue weighted by atomic mass is 16.5. The highest BCUT2D eigenvalue weighted by molar-refractivity contribution is 5.67. The van der Waals surface area contributed by atoms with Gasteiger partial charge in [-0.25, -0.2) is 4.79 Å². The molecule has 1 unspecified atom stereocenters.